The number of azo groups is 1. The van der Waals surface area contributed by atoms with Gasteiger partial charge in [0.1, 0.15) is 17.9 Å². The Balaban J connectivity index is 2.84. The van der Waals surface area contributed by atoms with Gasteiger partial charge in [-0.2, -0.15) is 10.2 Å². The Bertz CT molecular complexity index is 527. The lowest BCUT2D eigenvalue weighted by atomic mass is 10.0. The maximum Gasteiger partial charge on any atom is 0.306 e. The molecule has 1 rings (SSSR count). The van der Waals surface area contributed by atoms with E-state index in [0.29, 0.717) is 11.4 Å². The fraction of sp³-hybridized carbons (Fsp3) is 0.429. The van der Waals surface area contributed by atoms with E-state index in [4.69, 9.17) is 14.6 Å². The molecule has 0 fully saturated rings. The van der Waals surface area contributed by atoms with Crippen LogP contribution >= 0.6 is 0 Å². The van der Waals surface area contributed by atoms with Crippen LogP contribution in [0.4, 0.5) is 5.69 Å². The van der Waals surface area contributed by atoms with E-state index in [-0.39, 0.29) is 13.0 Å². The number of carbonyl (C=O) groups is 2. The summed E-state index contributed by atoms with van der Waals surface area (Å²) in [6, 6.07) is 6.81. The molecule has 0 aliphatic rings. The summed E-state index contributed by atoms with van der Waals surface area (Å²) in [7, 11) is 1.56. The molecule has 0 aliphatic carbocycles. The van der Waals surface area contributed by atoms with Crippen LogP contribution in [0.3, 0.4) is 0 Å². The fourth-order valence-corrected chi connectivity index (χ4v) is 1.53. The van der Waals surface area contributed by atoms with Gasteiger partial charge in [0, 0.05) is 6.92 Å². The number of methoxy groups -OCH3 is 1. The van der Waals surface area contributed by atoms with Crippen molar-refractivity contribution in [2.24, 2.45) is 10.2 Å². The van der Waals surface area contributed by atoms with Crippen LogP contribution in [0.5, 0.6) is 5.75 Å². The molecule has 0 saturated carbocycles. The Morgan fingerprint density at radius 3 is 2.38 bits per heavy atom. The summed E-state index contributed by atoms with van der Waals surface area (Å²) in [5.74, 6) is -0.855. The Morgan fingerprint density at radius 2 is 1.90 bits per heavy atom. The van der Waals surface area contributed by atoms with Crippen molar-refractivity contribution >= 4 is 17.6 Å². The lowest BCUT2D eigenvalue weighted by Crippen LogP contribution is -2.32. The monoisotopic (exact) mass is 294 g/mol. The summed E-state index contributed by atoms with van der Waals surface area (Å²) in [5, 5.41) is 16.9. The molecule has 21 heavy (non-hydrogen) atoms. The van der Waals surface area contributed by atoms with Crippen LogP contribution in [0.25, 0.3) is 0 Å². The maximum absolute atomic E-state index is 10.9. The van der Waals surface area contributed by atoms with Crippen LogP contribution in [-0.2, 0) is 14.3 Å². The van der Waals surface area contributed by atoms with Crippen molar-refractivity contribution in [3.63, 3.8) is 0 Å². The number of ether oxygens (including phenoxy) is 2. The number of rotatable bonds is 7. The largest absolute Gasteiger partial charge is 0.497 e. The topological polar surface area (TPSA) is 97.6 Å². The molecule has 0 heterocycles. The summed E-state index contributed by atoms with van der Waals surface area (Å²) >= 11 is 0. The van der Waals surface area contributed by atoms with E-state index in [2.05, 4.69) is 10.2 Å². The molecule has 1 aromatic rings. The number of carboxylic acids is 1. The van der Waals surface area contributed by atoms with Crippen LogP contribution < -0.4 is 4.74 Å². The zero-order valence-electron chi connectivity index (χ0n) is 12.2. The smallest absolute Gasteiger partial charge is 0.306 e. The van der Waals surface area contributed by atoms with E-state index in [1.54, 1.807) is 38.3 Å². The van der Waals surface area contributed by atoms with Gasteiger partial charge >= 0.3 is 11.9 Å². The minimum absolute atomic E-state index is 0.145. The van der Waals surface area contributed by atoms with E-state index in [1.807, 2.05) is 0 Å². The molecule has 114 valence electrons. The number of benzene rings is 1. The standard InChI is InChI=1S/C14H18N2O5/c1-10(17)21-9-14(2,8-13(18)19)16-15-11-4-6-12(20-3)7-5-11/h4-7H,8-9H2,1-3H3,(H,18,19). The number of hydrogen-bond donors (Lipinski definition) is 1. The first-order chi connectivity index (χ1) is 9.84. The molecule has 1 aromatic carbocycles. The third-order valence-corrected chi connectivity index (χ3v) is 2.60. The van der Waals surface area contributed by atoms with Crippen LogP contribution in [0.1, 0.15) is 20.3 Å². The van der Waals surface area contributed by atoms with Gasteiger partial charge in [-0.05, 0) is 31.2 Å². The Kier molecular flexibility index (Phi) is 5.83. The molecule has 0 aliphatic heterocycles. The average Bonchev–Trinajstić information content (AvgIpc) is 2.43. The molecule has 7 heteroatoms. The van der Waals surface area contributed by atoms with Crippen LogP contribution in [0, 0.1) is 0 Å². The van der Waals surface area contributed by atoms with Gasteiger partial charge in [0.2, 0.25) is 0 Å². The highest BCUT2D eigenvalue weighted by Gasteiger charge is 2.29. The van der Waals surface area contributed by atoms with Crippen LogP contribution in [0.15, 0.2) is 34.5 Å². The predicted octanol–water partition coefficient (Wildman–Crippen LogP) is 2.58. The van der Waals surface area contributed by atoms with Gasteiger partial charge in [0.25, 0.3) is 0 Å². The summed E-state index contributed by atoms with van der Waals surface area (Å²) in [4.78, 5) is 21.8. The minimum Gasteiger partial charge on any atom is -0.497 e. The van der Waals surface area contributed by atoms with Crippen molar-refractivity contribution in [2.45, 2.75) is 25.8 Å². The van der Waals surface area contributed by atoms with Gasteiger partial charge < -0.3 is 14.6 Å². The van der Waals surface area contributed by atoms with Crippen molar-refractivity contribution in [3.8, 4) is 5.75 Å². The minimum atomic E-state index is -1.11. The molecule has 1 unspecified atom stereocenters. The van der Waals surface area contributed by atoms with Gasteiger partial charge in [-0.25, -0.2) is 0 Å². The normalized spacial score (nSPS) is 13.7. The van der Waals surface area contributed by atoms with E-state index >= 15 is 0 Å². The number of hydrogen-bond acceptors (Lipinski definition) is 6. The van der Waals surface area contributed by atoms with Crippen molar-refractivity contribution < 1.29 is 24.2 Å². The summed E-state index contributed by atoms with van der Waals surface area (Å²) in [5.41, 5.74) is -0.563. The van der Waals surface area contributed by atoms with Crippen molar-refractivity contribution in [3.05, 3.63) is 24.3 Å². The quantitative estimate of drug-likeness (QED) is 0.615. The second kappa shape index (κ2) is 7.37. The van der Waals surface area contributed by atoms with Crippen LogP contribution in [-0.4, -0.2) is 36.3 Å². The van der Waals surface area contributed by atoms with Gasteiger partial charge in [0.15, 0.2) is 0 Å². The number of carboxylic acid groups (broad SMARTS) is 1. The molecule has 0 aromatic heterocycles. The molecule has 0 bridgehead atoms. The fourth-order valence-electron chi connectivity index (χ4n) is 1.53. The lowest BCUT2D eigenvalue weighted by molar-refractivity contribution is -0.146. The molecule has 0 spiro atoms. The second-order valence-electron chi connectivity index (χ2n) is 4.75. The van der Waals surface area contributed by atoms with Crippen molar-refractivity contribution in [2.75, 3.05) is 13.7 Å². The third-order valence-electron chi connectivity index (χ3n) is 2.60. The second-order valence-corrected chi connectivity index (χ2v) is 4.75. The van der Waals surface area contributed by atoms with E-state index in [9.17, 15) is 9.59 Å². The molecule has 1 N–H and O–H groups in total. The van der Waals surface area contributed by atoms with Gasteiger partial charge in [-0.15, -0.1) is 0 Å². The van der Waals surface area contributed by atoms with Gasteiger partial charge in [-0.1, -0.05) is 0 Å². The molecule has 0 saturated heterocycles. The van der Waals surface area contributed by atoms with Gasteiger partial charge in [0.05, 0.1) is 19.2 Å². The van der Waals surface area contributed by atoms with E-state index in [1.165, 1.54) is 6.92 Å². The first-order valence-electron chi connectivity index (χ1n) is 6.27. The van der Waals surface area contributed by atoms with Crippen molar-refractivity contribution in [1.82, 2.24) is 0 Å². The first kappa shape index (κ1) is 16.6. The maximum atomic E-state index is 10.9. The zero-order chi connectivity index (χ0) is 15.9. The number of carbonyl (C=O) groups excluding carboxylic acids is 1. The lowest BCUT2D eigenvalue weighted by Gasteiger charge is -2.20. The SMILES string of the molecule is COc1ccc(N=NC(C)(COC(C)=O)CC(=O)O)cc1. The Hall–Kier alpha value is -2.44. The molecule has 0 radical (unpaired) electrons. The summed E-state index contributed by atoms with van der Waals surface area (Å²) in [6.07, 6.45) is -0.292. The van der Waals surface area contributed by atoms with Crippen molar-refractivity contribution in [1.29, 1.82) is 0 Å². The first-order valence-corrected chi connectivity index (χ1v) is 6.27. The summed E-state index contributed by atoms with van der Waals surface area (Å²) in [6.45, 7) is 2.67. The molecule has 7 nitrogen and oxygen atoms in total. The van der Waals surface area contributed by atoms with E-state index in [0.717, 1.165) is 0 Å². The highest BCUT2D eigenvalue weighted by molar-refractivity contribution is 5.69. The molecule has 1 atom stereocenters. The highest BCUT2D eigenvalue weighted by Crippen LogP contribution is 2.23. The number of esters is 1. The molecular weight excluding hydrogens is 276 g/mol. The summed E-state index contributed by atoms with van der Waals surface area (Å²) < 4.78 is 9.88. The number of aliphatic carboxylic acids is 1. The Morgan fingerprint density at radius 1 is 1.29 bits per heavy atom. The molecular formula is C14H18N2O5. The number of nitrogens with zero attached hydrogens (tertiary/aromatic N) is 2. The highest BCUT2D eigenvalue weighted by atomic mass is 16.5. The average molecular weight is 294 g/mol. The van der Waals surface area contributed by atoms with E-state index < -0.39 is 17.5 Å². The zero-order valence-corrected chi connectivity index (χ0v) is 12.2. The Labute approximate surface area is 122 Å². The van der Waals surface area contributed by atoms with Gasteiger partial charge in [-0.3, -0.25) is 9.59 Å². The third kappa shape index (κ3) is 6.03. The van der Waals surface area contributed by atoms with Crippen LogP contribution in [0.2, 0.25) is 0 Å². The molecule has 0 amide bonds. The predicted molar refractivity (Wildman–Crippen MR) is 74.8 cm³/mol.